The molecule has 1 atom stereocenters. The van der Waals surface area contributed by atoms with Crippen LogP contribution in [-0.2, 0) is 15.8 Å². The van der Waals surface area contributed by atoms with Crippen molar-refractivity contribution in [2.24, 2.45) is 11.7 Å². The number of allylic oxidation sites excluding steroid dienone is 1. The number of anilines is 2. The van der Waals surface area contributed by atoms with E-state index in [4.69, 9.17) is 5.73 Å². The summed E-state index contributed by atoms with van der Waals surface area (Å²) in [6.45, 7) is 1.99. The fourth-order valence-electron chi connectivity index (χ4n) is 4.86. The summed E-state index contributed by atoms with van der Waals surface area (Å²) in [7, 11) is 0. The molecule has 2 aromatic rings. The van der Waals surface area contributed by atoms with E-state index in [0.29, 0.717) is 30.8 Å². The predicted molar refractivity (Wildman–Crippen MR) is 135 cm³/mol. The molecule has 2 aliphatic rings. The highest BCUT2D eigenvalue weighted by Crippen LogP contribution is 2.44. The number of hydrogen-bond donors (Lipinski definition) is 2. The lowest BCUT2D eigenvalue weighted by Crippen LogP contribution is -2.35. The number of nitrogens with zero attached hydrogens (tertiary/aromatic N) is 2. The van der Waals surface area contributed by atoms with E-state index < -0.39 is 66.0 Å². The predicted octanol–water partition coefficient (Wildman–Crippen LogP) is 4.22. The molecule has 1 saturated heterocycles. The first-order valence-electron chi connectivity index (χ1n) is 12.3. The van der Waals surface area contributed by atoms with Gasteiger partial charge in [0.25, 0.3) is 11.8 Å². The molecule has 2 aliphatic heterocycles. The van der Waals surface area contributed by atoms with Crippen LogP contribution < -0.4 is 20.9 Å². The summed E-state index contributed by atoms with van der Waals surface area (Å²) in [4.78, 5) is 39.5. The Balaban J connectivity index is 1.76. The van der Waals surface area contributed by atoms with E-state index in [0.717, 1.165) is 23.5 Å². The van der Waals surface area contributed by atoms with Crippen molar-refractivity contribution < 1.29 is 36.3 Å². The first-order valence-corrected chi connectivity index (χ1v) is 12.3. The molecule has 0 unspecified atom stereocenters. The molecule has 0 radical (unpaired) electrons. The van der Waals surface area contributed by atoms with Crippen molar-refractivity contribution in [3.63, 3.8) is 0 Å². The van der Waals surface area contributed by atoms with Crippen LogP contribution in [0.4, 0.5) is 33.3 Å². The maximum Gasteiger partial charge on any atom is 0.417 e. The molecule has 39 heavy (non-hydrogen) atoms. The highest BCUT2D eigenvalue weighted by Gasteiger charge is 2.43. The Morgan fingerprint density at radius 3 is 2.49 bits per heavy atom. The van der Waals surface area contributed by atoms with Gasteiger partial charge in [-0.15, -0.1) is 0 Å². The van der Waals surface area contributed by atoms with E-state index in [9.17, 15) is 27.6 Å². The van der Waals surface area contributed by atoms with Crippen LogP contribution in [0.25, 0.3) is 5.57 Å². The lowest BCUT2D eigenvalue weighted by atomic mass is 9.97. The van der Waals surface area contributed by atoms with Crippen molar-refractivity contribution in [2.75, 3.05) is 36.0 Å². The van der Waals surface area contributed by atoms with E-state index >= 15 is 8.78 Å². The molecular formula is C27H27F5N4O3. The maximum absolute atomic E-state index is 15.3. The lowest BCUT2D eigenvalue weighted by Gasteiger charge is -2.26. The molecule has 7 nitrogen and oxygen atoms in total. The minimum absolute atomic E-state index is 0.0702. The largest absolute Gasteiger partial charge is 0.417 e. The quantitative estimate of drug-likeness (QED) is 0.431. The summed E-state index contributed by atoms with van der Waals surface area (Å²) in [5.74, 6) is -6.28. The third kappa shape index (κ3) is 6.04. The van der Waals surface area contributed by atoms with Crippen molar-refractivity contribution in [2.45, 2.75) is 31.9 Å². The van der Waals surface area contributed by atoms with Crippen LogP contribution in [0.5, 0.6) is 0 Å². The first-order chi connectivity index (χ1) is 18.3. The molecule has 208 valence electrons. The van der Waals surface area contributed by atoms with Gasteiger partial charge in [0, 0.05) is 49.0 Å². The topological polar surface area (TPSA) is 95.7 Å². The Morgan fingerprint density at radius 2 is 1.85 bits per heavy atom. The number of carbonyl (C=O) groups excluding carboxylic acids is 3. The fourth-order valence-corrected chi connectivity index (χ4v) is 4.86. The van der Waals surface area contributed by atoms with Crippen LogP contribution in [0.3, 0.4) is 0 Å². The Labute approximate surface area is 221 Å². The van der Waals surface area contributed by atoms with Crippen molar-refractivity contribution >= 4 is 34.7 Å². The average Bonchev–Trinajstić information content (AvgIpc) is 3.27. The highest BCUT2D eigenvalue weighted by molar-refractivity contribution is 6.10. The number of halogens is 5. The van der Waals surface area contributed by atoms with Crippen LogP contribution in [0, 0.1) is 5.92 Å². The van der Waals surface area contributed by atoms with Gasteiger partial charge in [0.1, 0.15) is 0 Å². The number of amides is 3. The van der Waals surface area contributed by atoms with Crippen LogP contribution in [-0.4, -0.2) is 49.8 Å². The van der Waals surface area contributed by atoms with Gasteiger partial charge in [-0.2, -0.15) is 13.2 Å². The van der Waals surface area contributed by atoms with E-state index in [-0.39, 0.29) is 11.3 Å². The van der Waals surface area contributed by atoms with Gasteiger partial charge in [0.05, 0.1) is 23.4 Å². The standard InChI is InChI=1S/C27H27F5N4O3/c1-16-8-10-35(15-16)17-6-7-19(21(12-17)27(30,31)32)25(39)36-11-9-26(28,29)20(13-24(38)34-14-23(33)37)18-4-2-3-5-22(18)36/h2-7,12-13,16H,8-11,14-15H2,1H3,(H2,33,37)(H,34,38)/t16-/m0/s1. The summed E-state index contributed by atoms with van der Waals surface area (Å²) in [6.07, 6.45) is -4.38. The number of nitrogens with two attached hydrogens (primary N) is 1. The van der Waals surface area contributed by atoms with E-state index in [1.807, 2.05) is 11.8 Å². The number of nitrogens with one attached hydrogen (secondary N) is 1. The molecule has 0 aliphatic carbocycles. The molecule has 1 fully saturated rings. The third-order valence-electron chi connectivity index (χ3n) is 6.81. The summed E-state index contributed by atoms with van der Waals surface area (Å²) in [5, 5.41) is 2.10. The Bertz CT molecular complexity index is 1320. The van der Waals surface area contributed by atoms with E-state index in [1.54, 1.807) is 0 Å². The molecule has 12 heteroatoms. The monoisotopic (exact) mass is 550 g/mol. The zero-order chi connectivity index (χ0) is 28.5. The number of primary amides is 1. The fraction of sp³-hybridized carbons (Fsp3) is 0.370. The number of para-hydroxylation sites is 1. The van der Waals surface area contributed by atoms with Gasteiger partial charge < -0.3 is 20.9 Å². The van der Waals surface area contributed by atoms with Crippen LogP contribution in [0.1, 0.15) is 41.3 Å². The van der Waals surface area contributed by atoms with Crippen molar-refractivity contribution in [3.05, 3.63) is 65.2 Å². The number of hydrogen-bond acceptors (Lipinski definition) is 4. The molecule has 0 spiro atoms. The van der Waals surface area contributed by atoms with Crippen molar-refractivity contribution in [1.82, 2.24) is 5.32 Å². The number of alkyl halides is 5. The molecular weight excluding hydrogens is 523 g/mol. The summed E-state index contributed by atoms with van der Waals surface area (Å²) in [6, 6.07) is 8.90. The zero-order valence-corrected chi connectivity index (χ0v) is 21.0. The molecule has 2 heterocycles. The van der Waals surface area contributed by atoms with Crippen molar-refractivity contribution in [3.8, 4) is 0 Å². The second-order valence-electron chi connectivity index (χ2n) is 9.74. The minimum atomic E-state index is -4.87. The molecule has 0 bridgehead atoms. The van der Waals surface area contributed by atoms with Crippen molar-refractivity contribution in [1.29, 1.82) is 0 Å². The molecule has 3 N–H and O–H groups in total. The zero-order valence-electron chi connectivity index (χ0n) is 21.0. The Morgan fingerprint density at radius 1 is 1.13 bits per heavy atom. The van der Waals surface area contributed by atoms with E-state index in [2.05, 4.69) is 5.32 Å². The molecule has 4 rings (SSSR count). The van der Waals surface area contributed by atoms with Gasteiger partial charge in [0.2, 0.25) is 11.8 Å². The number of fused-ring (bicyclic) bond motifs is 1. The average molecular weight is 551 g/mol. The number of rotatable bonds is 5. The SMILES string of the molecule is C[C@H]1CCN(c2ccc(C(=O)N3CCC(F)(F)C(=CC(=O)NCC(N)=O)c4ccccc43)c(C(F)(F)F)c2)C1. The molecule has 0 aromatic heterocycles. The third-order valence-corrected chi connectivity index (χ3v) is 6.81. The second kappa shape index (κ2) is 10.7. The van der Waals surface area contributed by atoms with Crippen LogP contribution >= 0.6 is 0 Å². The first kappa shape index (κ1) is 28.1. The number of benzene rings is 2. The lowest BCUT2D eigenvalue weighted by molar-refractivity contribution is -0.137. The molecule has 2 aromatic carbocycles. The molecule has 0 saturated carbocycles. The summed E-state index contributed by atoms with van der Waals surface area (Å²) >= 11 is 0. The normalized spacial score (nSPS) is 19.9. The van der Waals surface area contributed by atoms with E-state index in [1.165, 1.54) is 30.3 Å². The van der Waals surface area contributed by atoms with Gasteiger partial charge in [-0.1, -0.05) is 25.1 Å². The van der Waals surface area contributed by atoms with Gasteiger partial charge in [-0.05, 0) is 36.6 Å². The Hall–Kier alpha value is -3.96. The van der Waals surface area contributed by atoms with Crippen LogP contribution in [0.15, 0.2) is 48.5 Å². The summed E-state index contributed by atoms with van der Waals surface area (Å²) in [5.41, 5.74) is 2.50. The maximum atomic E-state index is 15.3. The molecule has 3 amide bonds. The minimum Gasteiger partial charge on any atom is -0.371 e. The van der Waals surface area contributed by atoms with Gasteiger partial charge in [0.15, 0.2) is 0 Å². The highest BCUT2D eigenvalue weighted by atomic mass is 19.4. The van der Waals surface area contributed by atoms with Gasteiger partial charge in [-0.3, -0.25) is 14.4 Å². The Kier molecular flexibility index (Phi) is 7.67. The van der Waals surface area contributed by atoms with Gasteiger partial charge in [-0.25, -0.2) is 8.78 Å². The second-order valence-corrected chi connectivity index (χ2v) is 9.74. The number of carbonyl (C=O) groups is 3. The van der Waals surface area contributed by atoms with Crippen LogP contribution in [0.2, 0.25) is 0 Å². The smallest absolute Gasteiger partial charge is 0.371 e. The van der Waals surface area contributed by atoms with Gasteiger partial charge >= 0.3 is 6.18 Å². The summed E-state index contributed by atoms with van der Waals surface area (Å²) < 4.78 is 73.0.